The van der Waals surface area contributed by atoms with E-state index in [9.17, 15) is 0 Å². The zero-order valence-electron chi connectivity index (χ0n) is 18.2. The first kappa shape index (κ1) is 21.8. The number of aryl methyl sites for hydroxylation is 1. The molecule has 1 aromatic carbocycles. The van der Waals surface area contributed by atoms with E-state index in [0.29, 0.717) is 5.92 Å². The van der Waals surface area contributed by atoms with Crippen molar-refractivity contribution in [1.29, 1.82) is 0 Å². The predicted octanol–water partition coefficient (Wildman–Crippen LogP) is 5.95. The molecule has 0 saturated carbocycles. The molecule has 1 aliphatic heterocycles. The summed E-state index contributed by atoms with van der Waals surface area (Å²) >= 11 is 6.44. The van der Waals surface area contributed by atoms with E-state index in [1.54, 1.807) is 0 Å². The fourth-order valence-electron chi connectivity index (χ4n) is 4.64. The highest BCUT2D eigenvalue weighted by Crippen LogP contribution is 2.39. The Balaban J connectivity index is 1.61. The van der Waals surface area contributed by atoms with Crippen LogP contribution in [0.15, 0.2) is 66.9 Å². The van der Waals surface area contributed by atoms with Gasteiger partial charge in [-0.15, -0.1) is 0 Å². The molecule has 3 heterocycles. The smallest absolute Gasteiger partial charge is 0.0945 e. The fourth-order valence-corrected chi connectivity index (χ4v) is 4.82. The second-order valence-corrected chi connectivity index (χ2v) is 8.92. The minimum atomic E-state index is 0.283. The lowest BCUT2D eigenvalue weighted by Crippen LogP contribution is -2.31. The molecule has 1 unspecified atom stereocenters. The number of nitrogens with zero attached hydrogens (tertiary/aromatic N) is 3. The Labute approximate surface area is 190 Å². The zero-order chi connectivity index (χ0) is 21.5. The number of imidazole rings is 1. The maximum Gasteiger partial charge on any atom is 0.0945 e. The second-order valence-electron chi connectivity index (χ2n) is 8.49. The van der Waals surface area contributed by atoms with Crippen molar-refractivity contribution in [2.75, 3.05) is 13.1 Å². The van der Waals surface area contributed by atoms with Gasteiger partial charge in [0.25, 0.3) is 0 Å². The number of halogens is 1. The van der Waals surface area contributed by atoms with Gasteiger partial charge in [0, 0.05) is 41.8 Å². The molecule has 3 aromatic rings. The van der Waals surface area contributed by atoms with Crippen molar-refractivity contribution in [3.63, 3.8) is 0 Å². The Morgan fingerprint density at radius 3 is 2.84 bits per heavy atom. The summed E-state index contributed by atoms with van der Waals surface area (Å²) in [6.07, 6.45) is 14.4. The van der Waals surface area contributed by atoms with E-state index in [1.807, 2.05) is 37.1 Å². The summed E-state index contributed by atoms with van der Waals surface area (Å²) in [7, 11) is 0. The van der Waals surface area contributed by atoms with E-state index < -0.39 is 0 Å². The molecule has 1 N–H and O–H groups in total. The molecule has 0 bridgehead atoms. The lowest BCUT2D eigenvalue weighted by atomic mass is 9.76. The quantitative estimate of drug-likeness (QED) is 0.476. The summed E-state index contributed by atoms with van der Waals surface area (Å²) in [4.78, 5) is 8.89. The van der Waals surface area contributed by atoms with Crippen LogP contribution in [0.25, 0.3) is 6.08 Å². The molecule has 1 saturated heterocycles. The summed E-state index contributed by atoms with van der Waals surface area (Å²) < 4.78 is 2.13. The Morgan fingerprint density at radius 2 is 2.10 bits per heavy atom. The third-order valence-corrected chi connectivity index (χ3v) is 6.43. The van der Waals surface area contributed by atoms with Crippen LogP contribution in [-0.2, 0) is 6.54 Å². The Kier molecular flexibility index (Phi) is 7.55. The van der Waals surface area contributed by atoms with Crippen LogP contribution in [0.5, 0.6) is 0 Å². The molecule has 1 aliphatic rings. The second kappa shape index (κ2) is 10.7. The van der Waals surface area contributed by atoms with Gasteiger partial charge in [-0.3, -0.25) is 4.98 Å². The SMILES string of the molecule is C/C(=C\c1cc(Cl)ccc1C(c1ccccn1)C1CCNCC1)CCCn1ccnc1. The summed E-state index contributed by atoms with van der Waals surface area (Å²) in [6, 6.07) is 12.6. The summed E-state index contributed by atoms with van der Waals surface area (Å²) in [5.41, 5.74) is 5.09. The third kappa shape index (κ3) is 5.84. The van der Waals surface area contributed by atoms with Gasteiger partial charge in [-0.05, 0) is 87.0 Å². The van der Waals surface area contributed by atoms with Gasteiger partial charge in [0.1, 0.15) is 0 Å². The van der Waals surface area contributed by atoms with Crippen molar-refractivity contribution in [2.45, 2.75) is 45.1 Å². The van der Waals surface area contributed by atoms with E-state index in [1.165, 1.54) is 16.7 Å². The number of nitrogens with one attached hydrogen (secondary N) is 1. The largest absolute Gasteiger partial charge is 0.337 e. The normalized spacial score (nSPS) is 16.4. The monoisotopic (exact) mass is 434 g/mol. The molecule has 1 atom stereocenters. The van der Waals surface area contributed by atoms with Crippen LogP contribution in [0.3, 0.4) is 0 Å². The van der Waals surface area contributed by atoms with Gasteiger partial charge in [-0.2, -0.15) is 0 Å². The van der Waals surface area contributed by atoms with Crippen LogP contribution in [0.2, 0.25) is 5.02 Å². The number of benzene rings is 1. The van der Waals surface area contributed by atoms with Crippen LogP contribution >= 0.6 is 11.6 Å². The molecule has 0 radical (unpaired) electrons. The molecule has 2 aromatic heterocycles. The number of allylic oxidation sites excluding steroid dienone is 1. The van der Waals surface area contributed by atoms with Crippen LogP contribution < -0.4 is 5.32 Å². The molecule has 1 fully saturated rings. The van der Waals surface area contributed by atoms with E-state index >= 15 is 0 Å². The highest BCUT2D eigenvalue weighted by atomic mass is 35.5. The average Bonchev–Trinajstić information content (AvgIpc) is 3.30. The van der Waals surface area contributed by atoms with Crippen LogP contribution in [-0.4, -0.2) is 27.6 Å². The number of hydrogen-bond donors (Lipinski definition) is 1. The number of aromatic nitrogens is 3. The van der Waals surface area contributed by atoms with Gasteiger partial charge in [0.15, 0.2) is 0 Å². The van der Waals surface area contributed by atoms with Crippen molar-refractivity contribution in [3.8, 4) is 0 Å². The molecule has 0 spiro atoms. The van der Waals surface area contributed by atoms with Crippen LogP contribution in [0, 0.1) is 5.92 Å². The third-order valence-electron chi connectivity index (χ3n) is 6.19. The first-order valence-electron chi connectivity index (χ1n) is 11.2. The average molecular weight is 435 g/mol. The maximum atomic E-state index is 6.44. The van der Waals surface area contributed by atoms with Crippen molar-refractivity contribution < 1.29 is 0 Å². The minimum Gasteiger partial charge on any atom is -0.337 e. The number of piperidine rings is 1. The molecular weight excluding hydrogens is 404 g/mol. The van der Waals surface area contributed by atoms with Gasteiger partial charge in [-0.1, -0.05) is 35.4 Å². The van der Waals surface area contributed by atoms with Crippen LogP contribution in [0.4, 0.5) is 0 Å². The molecule has 4 nitrogen and oxygen atoms in total. The molecule has 31 heavy (non-hydrogen) atoms. The first-order valence-corrected chi connectivity index (χ1v) is 11.6. The summed E-state index contributed by atoms with van der Waals surface area (Å²) in [6.45, 7) is 5.35. The van der Waals surface area contributed by atoms with Gasteiger partial charge >= 0.3 is 0 Å². The molecule has 0 aliphatic carbocycles. The van der Waals surface area contributed by atoms with Crippen molar-refractivity contribution in [1.82, 2.24) is 19.9 Å². The van der Waals surface area contributed by atoms with Crippen molar-refractivity contribution >= 4 is 17.7 Å². The lowest BCUT2D eigenvalue weighted by molar-refractivity contribution is 0.339. The zero-order valence-corrected chi connectivity index (χ0v) is 18.9. The van der Waals surface area contributed by atoms with E-state index in [-0.39, 0.29) is 5.92 Å². The topological polar surface area (TPSA) is 42.7 Å². The highest BCUT2D eigenvalue weighted by molar-refractivity contribution is 6.30. The Hall–Kier alpha value is -2.43. The van der Waals surface area contributed by atoms with Gasteiger partial charge < -0.3 is 9.88 Å². The minimum absolute atomic E-state index is 0.283. The van der Waals surface area contributed by atoms with Crippen molar-refractivity contribution in [3.05, 3.63) is 88.7 Å². The van der Waals surface area contributed by atoms with E-state index in [0.717, 1.165) is 56.0 Å². The Morgan fingerprint density at radius 1 is 1.23 bits per heavy atom. The maximum absolute atomic E-state index is 6.44. The summed E-state index contributed by atoms with van der Waals surface area (Å²) in [5.74, 6) is 0.858. The molecule has 4 rings (SSSR count). The molecule has 5 heteroatoms. The Bertz CT molecular complexity index is 976. The van der Waals surface area contributed by atoms with E-state index in [2.05, 4.69) is 52.1 Å². The van der Waals surface area contributed by atoms with Crippen LogP contribution in [0.1, 0.15) is 55.3 Å². The highest BCUT2D eigenvalue weighted by Gasteiger charge is 2.29. The molecular formula is C26H31ClN4. The predicted molar refractivity (Wildman–Crippen MR) is 128 cm³/mol. The van der Waals surface area contributed by atoms with Crippen molar-refractivity contribution in [2.24, 2.45) is 5.92 Å². The van der Waals surface area contributed by atoms with Gasteiger partial charge in [0.2, 0.25) is 0 Å². The summed E-state index contributed by atoms with van der Waals surface area (Å²) in [5, 5.41) is 4.29. The molecule has 162 valence electrons. The molecule has 0 amide bonds. The lowest BCUT2D eigenvalue weighted by Gasteiger charge is -2.32. The van der Waals surface area contributed by atoms with Gasteiger partial charge in [-0.25, -0.2) is 4.98 Å². The fraction of sp³-hybridized carbons (Fsp3) is 0.385. The number of rotatable bonds is 8. The van der Waals surface area contributed by atoms with Gasteiger partial charge in [0.05, 0.1) is 6.33 Å². The number of hydrogen-bond acceptors (Lipinski definition) is 3. The van der Waals surface area contributed by atoms with E-state index in [4.69, 9.17) is 16.6 Å². The number of pyridine rings is 1. The first-order chi connectivity index (χ1) is 15.2. The standard InChI is InChI=1S/C26H31ClN4/c1-20(5-4-15-31-16-14-29-19-31)17-22-18-23(27)7-8-24(22)26(21-9-12-28-13-10-21)25-6-2-3-11-30-25/h2-3,6-8,11,14,16-19,21,26,28H,4-5,9-10,12-13,15H2,1H3/b20-17+.